The number of rotatable bonds is 21. The number of carbonyl (C=O) groups is 7. The highest BCUT2D eigenvalue weighted by molar-refractivity contribution is 6.26. The Hall–Kier alpha value is -7.52. The summed E-state index contributed by atoms with van der Waals surface area (Å²) in [6, 6.07) is 17.8. The largest absolute Gasteiger partial charge is 0.382 e. The number of carbonyl (C=O) groups excluding carboxylic acids is 7. The molecule has 5 aromatic rings. The molecule has 7 amide bonds. The molecule has 3 aliphatic heterocycles. The van der Waals surface area contributed by atoms with Gasteiger partial charge in [-0.2, -0.15) is 0 Å². The third-order valence-corrected chi connectivity index (χ3v) is 13.3. The summed E-state index contributed by atoms with van der Waals surface area (Å²) in [6.45, 7) is 3.43. The maximum Gasteiger partial charge on any atom is 0.264 e. The third kappa shape index (κ3) is 9.20. The first kappa shape index (κ1) is 46.2. The number of amides is 7. The third-order valence-electron chi connectivity index (χ3n) is 13.3. The molecule has 0 radical (unpaired) electrons. The molecule has 20 nitrogen and oxygen atoms in total. The van der Waals surface area contributed by atoms with E-state index in [-0.39, 0.29) is 72.0 Å². The average Bonchev–Trinajstić information content (AvgIpc) is 4.20. The van der Waals surface area contributed by atoms with E-state index >= 15 is 0 Å². The Kier molecular flexibility index (Phi) is 13.3. The van der Waals surface area contributed by atoms with Crippen LogP contribution < -0.4 is 20.9 Å². The van der Waals surface area contributed by atoms with Crippen molar-refractivity contribution in [3.8, 4) is 0 Å². The van der Waals surface area contributed by atoms with Crippen molar-refractivity contribution in [2.24, 2.45) is 23.7 Å². The van der Waals surface area contributed by atoms with Gasteiger partial charge in [-0.15, -0.1) is 5.10 Å². The van der Waals surface area contributed by atoms with Gasteiger partial charge < -0.3 is 29.6 Å². The minimum atomic E-state index is -1.03. The van der Waals surface area contributed by atoms with Gasteiger partial charge in [0.25, 0.3) is 17.7 Å². The highest BCUT2D eigenvalue weighted by Gasteiger charge is 2.59. The van der Waals surface area contributed by atoms with Crippen molar-refractivity contribution < 1.29 is 52.5 Å². The van der Waals surface area contributed by atoms with Crippen LogP contribution in [0.4, 0.5) is 17.1 Å². The van der Waals surface area contributed by atoms with Gasteiger partial charge >= 0.3 is 0 Å². The molecule has 20 heteroatoms. The molecule has 5 aliphatic rings. The molecule has 5 heterocycles. The lowest BCUT2D eigenvalue weighted by molar-refractivity contribution is -0.136. The molecule has 3 aromatic carbocycles. The number of nitrogens with zero attached hydrogens (tertiary/aromatic N) is 6. The van der Waals surface area contributed by atoms with Gasteiger partial charge in [0.2, 0.25) is 23.6 Å². The Morgan fingerprint density at radius 1 is 0.757 bits per heavy atom. The molecule has 2 aromatic heterocycles. The van der Waals surface area contributed by atoms with E-state index in [1.165, 1.54) is 4.90 Å². The van der Waals surface area contributed by atoms with Crippen molar-refractivity contribution >= 4 is 69.3 Å². The van der Waals surface area contributed by atoms with Crippen LogP contribution in [0.1, 0.15) is 61.6 Å². The minimum absolute atomic E-state index is 0.0508. The molecule has 1 saturated carbocycles. The fourth-order valence-electron chi connectivity index (χ4n) is 10.00. The normalized spacial score (nSPS) is 21.3. The first-order chi connectivity index (χ1) is 34.1. The van der Waals surface area contributed by atoms with Crippen LogP contribution in [-0.4, -0.2) is 125 Å². The second-order valence-corrected chi connectivity index (χ2v) is 17.6. The van der Waals surface area contributed by atoms with Crippen LogP contribution in [0.25, 0.3) is 10.9 Å². The van der Waals surface area contributed by atoms with Crippen LogP contribution in [0.3, 0.4) is 0 Å². The zero-order chi connectivity index (χ0) is 48.3. The molecule has 0 spiro atoms. The lowest BCUT2D eigenvalue weighted by atomic mass is 9.85. The van der Waals surface area contributed by atoms with Crippen LogP contribution in [0.15, 0.2) is 91.3 Å². The topological polar surface area (TPSA) is 243 Å². The fourth-order valence-corrected chi connectivity index (χ4v) is 10.00. The SMILES string of the molecule is O=C1CCC(N2C(=O)c3cccc(NCCOCCOCCOCCOCc4cn(Cc5ccnc6c(NC(=O)c7ccc(N8C(=O)[C@@H]9[C@@H]%10C=CC(C%10)[C@@H]9C8=O)cc7)cccc56)nn4)c3C2=O)C(=O)N1. The first-order valence-corrected chi connectivity index (χ1v) is 23.3. The Labute approximate surface area is 400 Å². The van der Waals surface area contributed by atoms with Crippen molar-refractivity contribution in [1.29, 1.82) is 0 Å². The summed E-state index contributed by atoms with van der Waals surface area (Å²) in [7, 11) is 0. The summed E-state index contributed by atoms with van der Waals surface area (Å²) in [5, 5.41) is 17.7. The van der Waals surface area contributed by atoms with Crippen molar-refractivity contribution in [2.75, 3.05) is 68.3 Å². The van der Waals surface area contributed by atoms with E-state index in [1.54, 1.807) is 65.6 Å². The average molecular weight is 952 g/mol. The molecule has 2 unspecified atom stereocenters. The number of piperidine rings is 1. The molecule has 2 aliphatic carbocycles. The van der Waals surface area contributed by atoms with Crippen LogP contribution >= 0.6 is 0 Å². The number of imide groups is 3. The lowest BCUT2D eigenvalue weighted by Crippen LogP contribution is -2.54. The number of aromatic nitrogens is 4. The highest BCUT2D eigenvalue weighted by atomic mass is 16.6. The number of hydrogen-bond acceptors (Lipinski definition) is 15. The summed E-state index contributed by atoms with van der Waals surface area (Å²) in [5.74, 6) is -3.24. The summed E-state index contributed by atoms with van der Waals surface area (Å²) in [6.07, 6.45) is 8.62. The number of allylic oxidation sites excluding steroid dienone is 2. The number of ether oxygens (including phenoxy) is 4. The van der Waals surface area contributed by atoms with E-state index in [4.69, 9.17) is 18.9 Å². The lowest BCUT2D eigenvalue weighted by Gasteiger charge is -2.27. The van der Waals surface area contributed by atoms with Gasteiger partial charge in [0.15, 0.2) is 0 Å². The monoisotopic (exact) mass is 951 g/mol. The van der Waals surface area contributed by atoms with Crippen LogP contribution in [0.2, 0.25) is 0 Å². The highest BCUT2D eigenvalue weighted by Crippen LogP contribution is 2.53. The van der Waals surface area contributed by atoms with Crippen molar-refractivity contribution in [3.05, 3.63) is 119 Å². The number of hydrogen-bond donors (Lipinski definition) is 3. The second kappa shape index (κ2) is 20.2. The number of anilines is 3. The zero-order valence-electron chi connectivity index (χ0n) is 37.9. The standard InChI is InChI=1S/C50H49N9O11/c60-40-14-13-39(46(62)54-40)59-47(63)36-4-2-5-37(43(36)50(59)66)51-17-18-67-19-20-68-21-22-69-23-24-70-28-33-27-57(56-55-33)26-32-15-16-52-44-35(32)3-1-6-38(44)53-45(61)29-9-11-34(12-10-29)58-48(64)41-30-7-8-31(25-30)42(41)49(58)65/h1-12,15-16,27,30-31,39,41-42,51H,13-14,17-26,28H2,(H,53,61)(H,54,60,62)/t30-,31?,39?,41-,42+/m1/s1. The van der Waals surface area contributed by atoms with Gasteiger partial charge in [0.1, 0.15) is 11.7 Å². The van der Waals surface area contributed by atoms with Gasteiger partial charge in [-0.1, -0.05) is 35.6 Å². The van der Waals surface area contributed by atoms with E-state index in [9.17, 15) is 33.6 Å². The predicted molar refractivity (Wildman–Crippen MR) is 249 cm³/mol. The number of benzene rings is 3. The number of nitrogens with one attached hydrogen (secondary N) is 3. The van der Waals surface area contributed by atoms with Crippen LogP contribution in [0, 0.1) is 23.7 Å². The quantitative estimate of drug-likeness (QED) is 0.0542. The molecule has 2 bridgehead atoms. The molecular formula is C50H49N9O11. The van der Waals surface area contributed by atoms with Crippen LogP contribution in [0.5, 0.6) is 0 Å². The van der Waals surface area contributed by atoms with Gasteiger partial charge in [-0.05, 0) is 78.8 Å². The number of pyridine rings is 1. The summed E-state index contributed by atoms with van der Waals surface area (Å²) < 4.78 is 24.3. The molecule has 5 atom stereocenters. The Balaban J connectivity index is 0.601. The van der Waals surface area contributed by atoms with E-state index in [0.717, 1.165) is 22.3 Å². The smallest absolute Gasteiger partial charge is 0.264 e. The molecule has 3 N–H and O–H groups in total. The van der Waals surface area contributed by atoms with E-state index in [2.05, 4.69) is 43.4 Å². The predicted octanol–water partition coefficient (Wildman–Crippen LogP) is 3.52. The maximum atomic E-state index is 13.4. The molecule has 2 saturated heterocycles. The number of para-hydroxylation sites is 1. The maximum absolute atomic E-state index is 13.4. The Bertz CT molecular complexity index is 2890. The van der Waals surface area contributed by atoms with Crippen LogP contribution in [-0.2, 0) is 51.3 Å². The second-order valence-electron chi connectivity index (χ2n) is 17.6. The first-order valence-electron chi connectivity index (χ1n) is 23.3. The van der Waals surface area contributed by atoms with Gasteiger partial charge in [0, 0.05) is 35.8 Å². The van der Waals surface area contributed by atoms with Crippen molar-refractivity contribution in [1.82, 2.24) is 30.2 Å². The summed E-state index contributed by atoms with van der Waals surface area (Å²) in [4.78, 5) is 97.0. The van der Waals surface area contributed by atoms with Gasteiger partial charge in [-0.3, -0.25) is 53.7 Å². The molecular weight excluding hydrogens is 903 g/mol. The van der Waals surface area contributed by atoms with Crippen molar-refractivity contribution in [3.63, 3.8) is 0 Å². The summed E-state index contributed by atoms with van der Waals surface area (Å²) >= 11 is 0. The Morgan fingerprint density at radius 2 is 1.44 bits per heavy atom. The Morgan fingerprint density at radius 3 is 2.17 bits per heavy atom. The van der Waals surface area contributed by atoms with E-state index < -0.39 is 29.7 Å². The molecule has 70 heavy (non-hydrogen) atoms. The zero-order valence-corrected chi connectivity index (χ0v) is 37.9. The fraction of sp³-hybridized carbons (Fsp3) is 0.360. The van der Waals surface area contributed by atoms with E-state index in [0.29, 0.717) is 93.2 Å². The molecule has 360 valence electrons. The molecule has 10 rings (SSSR count). The van der Waals surface area contributed by atoms with Crippen molar-refractivity contribution in [2.45, 2.75) is 38.5 Å². The summed E-state index contributed by atoms with van der Waals surface area (Å²) in [5.41, 5.74) is 4.40. The van der Waals surface area contributed by atoms with Gasteiger partial charge in [-0.25, -0.2) is 4.68 Å². The van der Waals surface area contributed by atoms with E-state index in [1.807, 2.05) is 18.2 Å². The number of fused-ring (bicyclic) bond motifs is 7. The van der Waals surface area contributed by atoms with Gasteiger partial charge in [0.05, 0.1) is 105 Å². The molecule has 3 fully saturated rings. The minimum Gasteiger partial charge on any atom is -0.382 e.